The quantitative estimate of drug-likeness (QED) is 0.745. The van der Waals surface area contributed by atoms with Crippen LogP contribution in [0.5, 0.6) is 0 Å². The van der Waals surface area contributed by atoms with E-state index >= 15 is 0 Å². The molecule has 0 aliphatic heterocycles. The molecule has 5 heteroatoms. The molecule has 1 rings (SSSR count). The van der Waals surface area contributed by atoms with Crippen LogP contribution in [0.2, 0.25) is 0 Å². The van der Waals surface area contributed by atoms with Crippen LogP contribution in [-0.2, 0) is 11.3 Å². The van der Waals surface area contributed by atoms with Gasteiger partial charge in [-0.15, -0.1) is 11.3 Å². The Morgan fingerprint density at radius 2 is 2.31 bits per heavy atom. The molecule has 0 atom stereocenters. The number of nitrogens with one attached hydrogen (secondary N) is 1. The highest BCUT2D eigenvalue weighted by Gasteiger charge is 2.01. The van der Waals surface area contributed by atoms with E-state index < -0.39 is 0 Å². The normalized spacial score (nSPS) is 11.2. The van der Waals surface area contributed by atoms with Crippen molar-refractivity contribution in [2.24, 2.45) is 0 Å². The first-order valence-corrected chi connectivity index (χ1v) is 7.00. The van der Waals surface area contributed by atoms with Gasteiger partial charge in [-0.2, -0.15) is 0 Å². The molecule has 0 spiro atoms. The highest BCUT2D eigenvalue weighted by Crippen LogP contribution is 2.21. The Labute approximate surface area is 110 Å². The number of nitrogens with zero attached hydrogens (tertiary/aromatic N) is 1. The molecule has 0 saturated carbocycles. The lowest BCUT2D eigenvalue weighted by Crippen LogP contribution is -2.30. The van der Waals surface area contributed by atoms with E-state index in [1.807, 2.05) is 0 Å². The number of hydrogen-bond donors (Lipinski definition) is 1. The van der Waals surface area contributed by atoms with E-state index in [0.29, 0.717) is 0 Å². The molecule has 92 valence electrons. The number of likely N-dealkylation sites (N-methyl/N-ethyl adjacent to an activating group) is 1. The van der Waals surface area contributed by atoms with Gasteiger partial charge < -0.3 is 15.0 Å². The Balaban J connectivity index is 2.09. The smallest absolute Gasteiger partial charge is 0.0701 e. The topological polar surface area (TPSA) is 24.5 Å². The molecule has 0 radical (unpaired) electrons. The Morgan fingerprint density at radius 1 is 1.50 bits per heavy atom. The fraction of sp³-hybridized carbons (Fsp3) is 0.636. The Bertz CT molecular complexity index is 293. The maximum atomic E-state index is 4.97. The molecule has 0 bridgehead atoms. The van der Waals surface area contributed by atoms with Gasteiger partial charge in [0.1, 0.15) is 0 Å². The van der Waals surface area contributed by atoms with E-state index in [9.17, 15) is 0 Å². The number of halogens is 1. The summed E-state index contributed by atoms with van der Waals surface area (Å²) < 4.78 is 6.17. The van der Waals surface area contributed by atoms with E-state index in [2.05, 4.69) is 44.6 Å². The summed E-state index contributed by atoms with van der Waals surface area (Å²) in [7, 11) is 3.87. The summed E-state index contributed by atoms with van der Waals surface area (Å²) in [5.41, 5.74) is 1.37. The number of ether oxygens (including phenoxy) is 1. The fourth-order valence-corrected chi connectivity index (χ4v) is 2.59. The number of hydrogen-bond acceptors (Lipinski definition) is 4. The van der Waals surface area contributed by atoms with Gasteiger partial charge in [-0.25, -0.2) is 0 Å². The van der Waals surface area contributed by atoms with Gasteiger partial charge in [0.25, 0.3) is 0 Å². The van der Waals surface area contributed by atoms with Gasteiger partial charge in [-0.3, -0.25) is 0 Å². The molecule has 1 aromatic rings. The third kappa shape index (κ3) is 5.96. The molecule has 16 heavy (non-hydrogen) atoms. The van der Waals surface area contributed by atoms with Gasteiger partial charge >= 0.3 is 0 Å². The lowest BCUT2D eigenvalue weighted by molar-refractivity contribution is 0.197. The number of methoxy groups -OCH3 is 1. The van der Waals surface area contributed by atoms with Crippen molar-refractivity contribution < 1.29 is 4.74 Å². The van der Waals surface area contributed by atoms with E-state index in [0.717, 1.165) is 32.8 Å². The third-order valence-corrected chi connectivity index (χ3v) is 3.78. The van der Waals surface area contributed by atoms with Crippen molar-refractivity contribution in [2.75, 3.05) is 40.4 Å². The van der Waals surface area contributed by atoms with Crippen LogP contribution in [0.1, 0.15) is 5.56 Å². The van der Waals surface area contributed by atoms with Crippen molar-refractivity contribution in [3.8, 4) is 0 Å². The second kappa shape index (κ2) is 8.20. The monoisotopic (exact) mass is 306 g/mol. The minimum absolute atomic E-state index is 0.779. The predicted molar refractivity (Wildman–Crippen MR) is 73.1 cm³/mol. The van der Waals surface area contributed by atoms with Crippen LogP contribution >= 0.6 is 27.3 Å². The Hall–Kier alpha value is 0.0600. The zero-order valence-corrected chi connectivity index (χ0v) is 12.2. The first-order valence-electron chi connectivity index (χ1n) is 5.33. The highest BCUT2D eigenvalue weighted by atomic mass is 79.9. The summed E-state index contributed by atoms with van der Waals surface area (Å²) in [5.74, 6) is 0. The minimum atomic E-state index is 0.779. The summed E-state index contributed by atoms with van der Waals surface area (Å²) in [6.07, 6.45) is 0. The van der Waals surface area contributed by atoms with Crippen LogP contribution in [0.15, 0.2) is 15.2 Å². The molecule has 1 aromatic heterocycles. The first kappa shape index (κ1) is 14.1. The lowest BCUT2D eigenvalue weighted by Gasteiger charge is -2.15. The molecule has 3 nitrogen and oxygen atoms in total. The zero-order valence-electron chi connectivity index (χ0n) is 9.83. The average molecular weight is 307 g/mol. The van der Waals surface area contributed by atoms with Crippen LogP contribution < -0.4 is 5.32 Å². The van der Waals surface area contributed by atoms with Crippen molar-refractivity contribution in [1.82, 2.24) is 10.2 Å². The standard InChI is InChI=1S/C11H19BrN2OS/c1-14(5-3-13-4-6-15-2)8-10-7-11(12)16-9-10/h7,9,13H,3-6,8H2,1-2H3. The maximum absolute atomic E-state index is 4.97. The summed E-state index contributed by atoms with van der Waals surface area (Å²) >= 11 is 5.22. The largest absolute Gasteiger partial charge is 0.383 e. The van der Waals surface area contributed by atoms with E-state index in [-0.39, 0.29) is 0 Å². The van der Waals surface area contributed by atoms with E-state index in [1.165, 1.54) is 9.35 Å². The Morgan fingerprint density at radius 3 is 2.94 bits per heavy atom. The predicted octanol–water partition coefficient (Wildman–Crippen LogP) is 2.18. The molecule has 1 N–H and O–H groups in total. The molecule has 0 aromatic carbocycles. The molecule has 0 aliphatic carbocycles. The molecular weight excluding hydrogens is 288 g/mol. The molecule has 1 heterocycles. The van der Waals surface area contributed by atoms with Gasteiger partial charge in [-0.1, -0.05) is 0 Å². The van der Waals surface area contributed by atoms with Crippen molar-refractivity contribution in [3.05, 3.63) is 20.8 Å². The molecule has 0 unspecified atom stereocenters. The Kier molecular flexibility index (Phi) is 7.23. The van der Waals surface area contributed by atoms with Crippen LogP contribution in [0, 0.1) is 0 Å². The highest BCUT2D eigenvalue weighted by molar-refractivity contribution is 9.11. The van der Waals surface area contributed by atoms with Crippen LogP contribution in [0.4, 0.5) is 0 Å². The number of rotatable bonds is 8. The van der Waals surface area contributed by atoms with Crippen molar-refractivity contribution in [2.45, 2.75) is 6.54 Å². The van der Waals surface area contributed by atoms with Crippen molar-refractivity contribution >= 4 is 27.3 Å². The zero-order chi connectivity index (χ0) is 11.8. The van der Waals surface area contributed by atoms with Gasteiger partial charge in [0, 0.05) is 33.3 Å². The average Bonchev–Trinajstić information content (AvgIpc) is 2.63. The molecular formula is C11H19BrN2OS. The first-order chi connectivity index (χ1) is 7.72. The van der Waals surface area contributed by atoms with E-state index in [1.54, 1.807) is 18.4 Å². The molecule has 0 amide bonds. The summed E-state index contributed by atoms with van der Waals surface area (Å²) in [6, 6.07) is 2.18. The van der Waals surface area contributed by atoms with Crippen LogP contribution in [0.3, 0.4) is 0 Å². The second-order valence-electron chi connectivity index (χ2n) is 3.74. The third-order valence-electron chi connectivity index (χ3n) is 2.23. The van der Waals surface area contributed by atoms with Crippen LogP contribution in [-0.4, -0.2) is 45.3 Å². The van der Waals surface area contributed by atoms with E-state index in [4.69, 9.17) is 4.74 Å². The molecule has 0 fully saturated rings. The van der Waals surface area contributed by atoms with Gasteiger partial charge in [0.05, 0.1) is 10.4 Å². The summed E-state index contributed by atoms with van der Waals surface area (Å²) in [5, 5.41) is 5.53. The summed E-state index contributed by atoms with van der Waals surface area (Å²) in [6.45, 7) is 4.77. The van der Waals surface area contributed by atoms with Gasteiger partial charge in [-0.05, 0) is 40.0 Å². The van der Waals surface area contributed by atoms with Gasteiger partial charge in [0.15, 0.2) is 0 Å². The van der Waals surface area contributed by atoms with Crippen molar-refractivity contribution in [3.63, 3.8) is 0 Å². The fourth-order valence-electron chi connectivity index (χ4n) is 1.39. The molecule has 0 saturated heterocycles. The van der Waals surface area contributed by atoms with Crippen molar-refractivity contribution in [1.29, 1.82) is 0 Å². The minimum Gasteiger partial charge on any atom is -0.383 e. The SMILES string of the molecule is COCCNCCN(C)Cc1csc(Br)c1. The van der Waals surface area contributed by atoms with Gasteiger partial charge in [0.2, 0.25) is 0 Å². The molecule has 0 aliphatic rings. The second-order valence-corrected chi connectivity index (χ2v) is 6.03. The maximum Gasteiger partial charge on any atom is 0.0701 e. The number of thiophene rings is 1. The summed E-state index contributed by atoms with van der Waals surface area (Å²) in [4.78, 5) is 2.31. The van der Waals surface area contributed by atoms with Crippen LogP contribution in [0.25, 0.3) is 0 Å². The lowest BCUT2D eigenvalue weighted by atomic mass is 10.3.